The van der Waals surface area contributed by atoms with Crippen molar-refractivity contribution in [2.45, 2.75) is 19.4 Å². The van der Waals surface area contributed by atoms with E-state index in [2.05, 4.69) is 5.16 Å². The summed E-state index contributed by atoms with van der Waals surface area (Å²) in [7, 11) is 3.13. The zero-order valence-electron chi connectivity index (χ0n) is 15.8. The lowest BCUT2D eigenvalue weighted by atomic mass is 9.98. The van der Waals surface area contributed by atoms with Gasteiger partial charge in [0, 0.05) is 12.0 Å². The molecule has 6 heteroatoms. The van der Waals surface area contributed by atoms with Gasteiger partial charge in [-0.2, -0.15) is 0 Å². The fourth-order valence-electron chi connectivity index (χ4n) is 3.47. The van der Waals surface area contributed by atoms with Crippen LogP contribution in [-0.2, 0) is 4.84 Å². The van der Waals surface area contributed by atoms with E-state index in [9.17, 15) is 9.90 Å². The van der Waals surface area contributed by atoms with Crippen LogP contribution >= 0.6 is 0 Å². The van der Waals surface area contributed by atoms with Gasteiger partial charge in [-0.05, 0) is 41.8 Å². The molecule has 0 radical (unpaired) electrons. The highest BCUT2D eigenvalue weighted by atomic mass is 16.6. The van der Waals surface area contributed by atoms with Crippen molar-refractivity contribution < 1.29 is 19.5 Å². The monoisotopic (exact) mass is 368 g/mol. The van der Waals surface area contributed by atoms with Gasteiger partial charge in [-0.3, -0.25) is 4.79 Å². The number of hydrogen-bond acceptors (Lipinski definition) is 5. The average molecular weight is 368 g/mol. The van der Waals surface area contributed by atoms with Crippen LogP contribution in [0.4, 0.5) is 0 Å². The fraction of sp³-hybridized carbons (Fsp3) is 0.333. The van der Waals surface area contributed by atoms with Gasteiger partial charge in [-0.1, -0.05) is 29.4 Å². The van der Waals surface area contributed by atoms with Crippen molar-refractivity contribution in [1.29, 1.82) is 0 Å². The third kappa shape index (κ3) is 3.80. The number of aliphatic hydroxyl groups is 1. The van der Waals surface area contributed by atoms with Crippen molar-refractivity contribution >= 4 is 11.6 Å². The van der Waals surface area contributed by atoms with Crippen molar-refractivity contribution in [1.82, 2.24) is 4.90 Å². The van der Waals surface area contributed by atoms with Crippen molar-refractivity contribution in [2.24, 2.45) is 5.16 Å². The highest BCUT2D eigenvalue weighted by Gasteiger charge is 2.33. The molecule has 2 aromatic rings. The Morgan fingerprint density at radius 2 is 1.96 bits per heavy atom. The van der Waals surface area contributed by atoms with Crippen LogP contribution < -0.4 is 4.74 Å². The number of ether oxygens (including phenoxy) is 1. The highest BCUT2D eigenvalue weighted by Crippen LogP contribution is 2.30. The summed E-state index contributed by atoms with van der Waals surface area (Å²) in [5, 5.41) is 13.5. The van der Waals surface area contributed by atoms with Gasteiger partial charge in [0.1, 0.15) is 12.9 Å². The van der Waals surface area contributed by atoms with E-state index < -0.39 is 0 Å². The van der Waals surface area contributed by atoms with E-state index >= 15 is 0 Å². The fourth-order valence-corrected chi connectivity index (χ4v) is 3.47. The number of likely N-dealkylation sites (tertiary alicyclic amines) is 1. The van der Waals surface area contributed by atoms with Gasteiger partial charge in [-0.15, -0.1) is 0 Å². The minimum absolute atomic E-state index is 0.102. The number of nitrogens with zero attached hydrogens (tertiary/aromatic N) is 2. The molecule has 1 unspecified atom stereocenters. The Morgan fingerprint density at radius 3 is 2.59 bits per heavy atom. The molecule has 1 saturated heterocycles. The molecule has 27 heavy (non-hydrogen) atoms. The lowest BCUT2D eigenvalue weighted by Crippen LogP contribution is -2.37. The van der Waals surface area contributed by atoms with E-state index in [4.69, 9.17) is 9.57 Å². The van der Waals surface area contributed by atoms with Gasteiger partial charge in [0.15, 0.2) is 0 Å². The van der Waals surface area contributed by atoms with Crippen molar-refractivity contribution in [3.63, 3.8) is 0 Å². The second-order valence-electron chi connectivity index (χ2n) is 6.52. The number of methoxy groups -OCH3 is 1. The largest absolute Gasteiger partial charge is 0.496 e. The van der Waals surface area contributed by atoms with Crippen molar-refractivity contribution in [2.75, 3.05) is 27.4 Å². The van der Waals surface area contributed by atoms with Crippen molar-refractivity contribution in [3.05, 3.63) is 53.6 Å². The Hall–Kier alpha value is -2.86. The second kappa shape index (κ2) is 8.22. The Kier molecular flexibility index (Phi) is 5.76. The third-order valence-corrected chi connectivity index (χ3v) is 4.90. The molecule has 0 aromatic heterocycles. The molecule has 1 atom stereocenters. The van der Waals surface area contributed by atoms with E-state index in [0.29, 0.717) is 18.5 Å². The molecule has 1 amide bonds. The molecule has 2 aromatic carbocycles. The summed E-state index contributed by atoms with van der Waals surface area (Å²) in [6.45, 7) is 2.28. The van der Waals surface area contributed by atoms with Crippen LogP contribution in [0.2, 0.25) is 0 Å². The predicted octanol–water partition coefficient (Wildman–Crippen LogP) is 2.88. The molecule has 6 nitrogen and oxygen atoms in total. The van der Waals surface area contributed by atoms with Gasteiger partial charge in [-0.25, -0.2) is 0 Å². The van der Waals surface area contributed by atoms with E-state index in [1.807, 2.05) is 49.4 Å². The average Bonchev–Trinajstić information content (AvgIpc) is 3.11. The molecule has 1 N–H and O–H groups in total. The summed E-state index contributed by atoms with van der Waals surface area (Å²) < 4.78 is 5.38. The molecule has 0 aliphatic carbocycles. The number of aliphatic hydroxyl groups excluding tert-OH is 1. The molecule has 0 bridgehead atoms. The first-order valence-electron chi connectivity index (χ1n) is 8.83. The van der Waals surface area contributed by atoms with Gasteiger partial charge in [0.2, 0.25) is 0 Å². The molecular weight excluding hydrogens is 344 g/mol. The van der Waals surface area contributed by atoms with E-state index in [1.165, 1.54) is 7.11 Å². The first-order chi connectivity index (χ1) is 13.1. The molecule has 3 rings (SSSR count). The molecule has 0 saturated carbocycles. The zero-order chi connectivity index (χ0) is 19.4. The topological polar surface area (TPSA) is 71.4 Å². The van der Waals surface area contributed by atoms with E-state index in [0.717, 1.165) is 28.2 Å². The minimum Gasteiger partial charge on any atom is -0.496 e. The predicted molar refractivity (Wildman–Crippen MR) is 104 cm³/mol. The quantitative estimate of drug-likeness (QED) is 0.824. The van der Waals surface area contributed by atoms with Gasteiger partial charge in [0.05, 0.1) is 32.0 Å². The lowest BCUT2D eigenvalue weighted by molar-refractivity contribution is 0.0680. The smallest absolute Gasteiger partial charge is 0.254 e. The molecular formula is C21H24N2O4. The standard InChI is InChI=1S/C21H24N2O4/c1-14-19(5-4-6-20(14)26-2)15-7-9-16(10-8-15)21(25)23-12-17(22-27-3)11-18(23)13-24/h4-10,18,24H,11-13H2,1-3H3/b22-17-. The molecule has 1 heterocycles. The number of carbonyl (C=O) groups is 1. The third-order valence-electron chi connectivity index (χ3n) is 4.90. The van der Waals surface area contributed by atoms with E-state index in [1.54, 1.807) is 12.0 Å². The molecule has 1 fully saturated rings. The number of rotatable bonds is 5. The second-order valence-corrected chi connectivity index (χ2v) is 6.52. The van der Waals surface area contributed by atoms with E-state index in [-0.39, 0.29) is 18.6 Å². The number of oxime groups is 1. The number of benzene rings is 2. The first-order valence-corrected chi connectivity index (χ1v) is 8.83. The van der Waals surface area contributed by atoms with Crippen LogP contribution in [0.25, 0.3) is 11.1 Å². The van der Waals surface area contributed by atoms with Crippen LogP contribution in [0, 0.1) is 6.92 Å². The maximum atomic E-state index is 12.9. The Bertz CT molecular complexity index is 846. The van der Waals surface area contributed by atoms with Gasteiger partial charge in [0.25, 0.3) is 5.91 Å². The number of carbonyl (C=O) groups excluding carboxylic acids is 1. The number of hydrogen-bond donors (Lipinski definition) is 1. The normalized spacial score (nSPS) is 18.0. The minimum atomic E-state index is -0.272. The van der Waals surface area contributed by atoms with Gasteiger partial charge >= 0.3 is 0 Å². The zero-order valence-corrected chi connectivity index (χ0v) is 15.8. The summed E-state index contributed by atoms with van der Waals surface area (Å²) in [5.74, 6) is 0.713. The molecule has 1 aliphatic rings. The van der Waals surface area contributed by atoms with Crippen LogP contribution in [0.15, 0.2) is 47.6 Å². The first kappa shape index (κ1) is 18.9. The van der Waals surface area contributed by atoms with Crippen LogP contribution in [0.3, 0.4) is 0 Å². The Labute approximate surface area is 159 Å². The summed E-state index contributed by atoms with van der Waals surface area (Å²) in [6.07, 6.45) is 0.525. The van der Waals surface area contributed by atoms with Crippen LogP contribution in [-0.4, -0.2) is 55.0 Å². The molecule has 0 spiro atoms. The lowest BCUT2D eigenvalue weighted by Gasteiger charge is -2.22. The Morgan fingerprint density at radius 1 is 1.22 bits per heavy atom. The molecule has 1 aliphatic heterocycles. The van der Waals surface area contributed by atoms with Crippen LogP contribution in [0.1, 0.15) is 22.3 Å². The van der Waals surface area contributed by atoms with Gasteiger partial charge < -0.3 is 19.6 Å². The maximum absolute atomic E-state index is 12.9. The summed E-state index contributed by atoms with van der Waals surface area (Å²) >= 11 is 0. The maximum Gasteiger partial charge on any atom is 0.254 e. The summed E-state index contributed by atoms with van der Waals surface area (Å²) in [4.78, 5) is 19.3. The van der Waals surface area contributed by atoms with Crippen LogP contribution in [0.5, 0.6) is 5.75 Å². The summed E-state index contributed by atoms with van der Waals surface area (Å²) in [5.41, 5.74) is 4.48. The Balaban J connectivity index is 1.83. The number of amides is 1. The molecule has 142 valence electrons. The summed E-state index contributed by atoms with van der Waals surface area (Å²) in [6, 6.07) is 13.1. The highest BCUT2D eigenvalue weighted by molar-refractivity contribution is 6.00. The van der Waals surface area contributed by atoms with Crippen molar-refractivity contribution in [3.8, 4) is 16.9 Å². The SMILES string of the molecule is CO/N=C1/CC(CO)N(C(=O)c2ccc(-c3cccc(OC)c3C)cc2)C1.